The quantitative estimate of drug-likeness (QED) is 0.649. The third-order valence-corrected chi connectivity index (χ3v) is 6.13. The molecule has 136 valence electrons. The van der Waals surface area contributed by atoms with E-state index in [-0.39, 0.29) is 5.75 Å². The molecule has 4 nitrogen and oxygen atoms in total. The summed E-state index contributed by atoms with van der Waals surface area (Å²) in [4.78, 5) is 6.68. The Morgan fingerprint density at radius 3 is 2.81 bits per heavy atom. The lowest BCUT2D eigenvalue weighted by Gasteiger charge is -2.26. The van der Waals surface area contributed by atoms with E-state index in [0.29, 0.717) is 12.1 Å². The summed E-state index contributed by atoms with van der Waals surface area (Å²) in [6.45, 7) is 5.53. The van der Waals surface area contributed by atoms with Gasteiger partial charge in [-0.1, -0.05) is 38.0 Å². The minimum absolute atomic E-state index is 0.107. The average Bonchev–Trinajstić information content (AvgIpc) is 3.12. The Kier molecular flexibility index (Phi) is 4.37. The van der Waals surface area contributed by atoms with Crippen molar-refractivity contribution in [1.82, 2.24) is 4.98 Å². The third-order valence-electron chi connectivity index (χ3n) is 5.20. The summed E-state index contributed by atoms with van der Waals surface area (Å²) in [5.74, 6) is 0.107. The van der Waals surface area contributed by atoms with E-state index in [0.717, 1.165) is 39.4 Å². The predicted octanol–water partition coefficient (Wildman–Crippen LogP) is 4.56. The number of aromatic nitrogens is 1. The van der Waals surface area contributed by atoms with Crippen LogP contribution in [0.2, 0.25) is 0 Å². The molecule has 1 unspecified atom stereocenters. The number of hydrogen-bond donors (Lipinski definition) is 2. The molecule has 1 aromatic heterocycles. The number of phenolic OH excluding ortho intramolecular Hbond substituents is 1. The standard InChI is InChI=1S/C21H24N2O2S/c1-3-4-7-10-23-13-21(25,15-8-5-6-9-18(15)23)16-11-20-17(12-19(16)24)22-14(2)26-20/h5-6,8-9,11-12,24-25H,3-4,7,10,13H2,1-2H3. The van der Waals surface area contributed by atoms with Crippen molar-refractivity contribution >= 4 is 27.2 Å². The van der Waals surface area contributed by atoms with E-state index in [1.807, 2.05) is 31.2 Å². The minimum Gasteiger partial charge on any atom is -0.507 e. The summed E-state index contributed by atoms with van der Waals surface area (Å²) in [5, 5.41) is 23.3. The number of aromatic hydroxyl groups is 1. The molecule has 26 heavy (non-hydrogen) atoms. The summed E-state index contributed by atoms with van der Waals surface area (Å²) < 4.78 is 0.991. The lowest BCUT2D eigenvalue weighted by atomic mass is 9.87. The summed E-state index contributed by atoms with van der Waals surface area (Å²) in [7, 11) is 0. The first-order valence-corrected chi connectivity index (χ1v) is 10.0. The van der Waals surface area contributed by atoms with Crippen molar-refractivity contribution < 1.29 is 10.2 Å². The smallest absolute Gasteiger partial charge is 0.138 e. The molecule has 3 aromatic rings. The SMILES string of the molecule is CCCCCN1CC(O)(c2cc3sc(C)nc3cc2O)c2ccccc21. The number of nitrogens with zero attached hydrogens (tertiary/aromatic N) is 2. The van der Waals surface area contributed by atoms with Gasteiger partial charge in [-0.15, -0.1) is 11.3 Å². The molecule has 2 N–H and O–H groups in total. The maximum Gasteiger partial charge on any atom is 0.138 e. The highest BCUT2D eigenvalue weighted by Gasteiger charge is 2.44. The summed E-state index contributed by atoms with van der Waals surface area (Å²) >= 11 is 1.58. The van der Waals surface area contributed by atoms with Crippen LogP contribution in [0.25, 0.3) is 10.2 Å². The van der Waals surface area contributed by atoms with Gasteiger partial charge in [0.25, 0.3) is 0 Å². The van der Waals surface area contributed by atoms with Crippen LogP contribution in [0.5, 0.6) is 5.75 Å². The molecule has 0 spiro atoms. The van der Waals surface area contributed by atoms with Crippen LogP contribution < -0.4 is 4.90 Å². The molecule has 0 saturated carbocycles. The van der Waals surface area contributed by atoms with Crippen molar-refractivity contribution in [2.24, 2.45) is 0 Å². The first-order valence-electron chi connectivity index (χ1n) is 9.20. The monoisotopic (exact) mass is 368 g/mol. The fourth-order valence-corrected chi connectivity index (χ4v) is 4.79. The Morgan fingerprint density at radius 2 is 2.00 bits per heavy atom. The number of aliphatic hydroxyl groups is 1. The number of para-hydroxylation sites is 1. The fraction of sp³-hybridized carbons (Fsp3) is 0.381. The van der Waals surface area contributed by atoms with Crippen LogP contribution in [0.3, 0.4) is 0 Å². The Hall–Kier alpha value is -2.11. The number of unbranched alkanes of at least 4 members (excludes halogenated alkanes) is 2. The van der Waals surface area contributed by atoms with Gasteiger partial charge in [0.05, 0.1) is 21.8 Å². The van der Waals surface area contributed by atoms with Gasteiger partial charge in [0.15, 0.2) is 0 Å². The van der Waals surface area contributed by atoms with Crippen LogP contribution in [0, 0.1) is 6.92 Å². The van der Waals surface area contributed by atoms with Crippen molar-refractivity contribution in [3.63, 3.8) is 0 Å². The van der Waals surface area contributed by atoms with Gasteiger partial charge >= 0.3 is 0 Å². The van der Waals surface area contributed by atoms with Gasteiger partial charge in [0.2, 0.25) is 0 Å². The molecule has 1 aliphatic heterocycles. The van der Waals surface area contributed by atoms with Crippen LogP contribution in [0.1, 0.15) is 42.3 Å². The van der Waals surface area contributed by atoms with E-state index < -0.39 is 5.60 Å². The number of rotatable bonds is 5. The molecular weight excluding hydrogens is 344 g/mol. The van der Waals surface area contributed by atoms with Gasteiger partial charge in [-0.05, 0) is 25.5 Å². The topological polar surface area (TPSA) is 56.6 Å². The second-order valence-corrected chi connectivity index (χ2v) is 8.31. The molecule has 0 saturated heterocycles. The molecular formula is C21H24N2O2S. The lowest BCUT2D eigenvalue weighted by molar-refractivity contribution is 0.0952. The maximum atomic E-state index is 11.7. The summed E-state index contributed by atoms with van der Waals surface area (Å²) in [6, 6.07) is 11.6. The van der Waals surface area contributed by atoms with Crippen molar-refractivity contribution in [1.29, 1.82) is 0 Å². The highest BCUT2D eigenvalue weighted by Crippen LogP contribution is 2.47. The van der Waals surface area contributed by atoms with Gasteiger partial charge in [0.1, 0.15) is 11.4 Å². The Balaban J connectivity index is 1.79. The van der Waals surface area contributed by atoms with Crippen molar-refractivity contribution in [3.8, 4) is 5.75 Å². The van der Waals surface area contributed by atoms with Gasteiger partial charge in [0, 0.05) is 29.4 Å². The fourth-order valence-electron chi connectivity index (χ4n) is 3.94. The lowest BCUT2D eigenvalue weighted by Crippen LogP contribution is -2.35. The normalized spacial score (nSPS) is 19.3. The molecule has 5 heteroatoms. The van der Waals surface area contributed by atoms with Gasteiger partial charge in [-0.25, -0.2) is 4.98 Å². The number of hydrogen-bond acceptors (Lipinski definition) is 5. The third kappa shape index (κ3) is 2.75. The number of benzene rings is 2. The molecule has 0 amide bonds. The molecule has 4 rings (SSSR count). The number of phenols is 1. The van der Waals surface area contributed by atoms with E-state index >= 15 is 0 Å². The van der Waals surface area contributed by atoms with E-state index in [4.69, 9.17) is 0 Å². The molecule has 0 bridgehead atoms. The van der Waals surface area contributed by atoms with Crippen LogP contribution >= 0.6 is 11.3 Å². The molecule has 0 radical (unpaired) electrons. The molecule has 1 aliphatic rings. The predicted molar refractivity (Wildman–Crippen MR) is 107 cm³/mol. The van der Waals surface area contributed by atoms with Crippen molar-refractivity contribution in [2.45, 2.75) is 38.7 Å². The van der Waals surface area contributed by atoms with Crippen LogP contribution in [0.4, 0.5) is 5.69 Å². The Bertz CT molecular complexity index is 952. The zero-order chi connectivity index (χ0) is 18.3. The molecule has 1 atom stereocenters. The largest absolute Gasteiger partial charge is 0.507 e. The van der Waals surface area contributed by atoms with Crippen LogP contribution in [-0.4, -0.2) is 28.3 Å². The first-order chi connectivity index (χ1) is 12.5. The number of fused-ring (bicyclic) bond motifs is 2. The highest BCUT2D eigenvalue weighted by molar-refractivity contribution is 7.18. The number of thiazole rings is 1. The van der Waals surface area contributed by atoms with E-state index in [1.165, 1.54) is 12.8 Å². The van der Waals surface area contributed by atoms with Gasteiger partial charge in [-0.2, -0.15) is 0 Å². The molecule has 0 aliphatic carbocycles. The molecule has 2 aromatic carbocycles. The highest BCUT2D eigenvalue weighted by atomic mass is 32.1. The van der Waals surface area contributed by atoms with Crippen LogP contribution in [0.15, 0.2) is 36.4 Å². The second-order valence-electron chi connectivity index (χ2n) is 7.08. The number of anilines is 1. The van der Waals surface area contributed by atoms with Crippen molar-refractivity contribution in [2.75, 3.05) is 18.0 Å². The maximum absolute atomic E-state index is 11.7. The zero-order valence-corrected chi connectivity index (χ0v) is 16.0. The van der Waals surface area contributed by atoms with E-state index in [1.54, 1.807) is 17.4 Å². The first kappa shape index (κ1) is 17.3. The Morgan fingerprint density at radius 1 is 1.19 bits per heavy atom. The summed E-state index contributed by atoms with van der Waals surface area (Å²) in [5.41, 5.74) is 2.07. The molecule has 0 fully saturated rings. The number of β-amino-alcohol motifs (C(OH)–C–C–N with tert-alkyl or cyclic N) is 1. The van der Waals surface area contributed by atoms with Gasteiger partial charge < -0.3 is 15.1 Å². The van der Waals surface area contributed by atoms with Crippen molar-refractivity contribution in [3.05, 3.63) is 52.5 Å². The number of aryl methyl sites for hydroxylation is 1. The second kappa shape index (κ2) is 6.56. The van der Waals surface area contributed by atoms with Crippen LogP contribution in [-0.2, 0) is 5.60 Å². The van der Waals surface area contributed by atoms with E-state index in [2.05, 4.69) is 22.9 Å². The summed E-state index contributed by atoms with van der Waals surface area (Å²) in [6.07, 6.45) is 3.44. The molecule has 2 heterocycles. The average molecular weight is 369 g/mol. The van der Waals surface area contributed by atoms with Gasteiger partial charge in [-0.3, -0.25) is 0 Å². The Labute approximate surface area is 157 Å². The van der Waals surface area contributed by atoms with E-state index in [9.17, 15) is 10.2 Å². The minimum atomic E-state index is -1.21. The zero-order valence-electron chi connectivity index (χ0n) is 15.2.